The molecule has 2 aromatic rings. The molecule has 6 heteroatoms. The lowest BCUT2D eigenvalue weighted by atomic mass is 10.1. The first-order valence-electron chi connectivity index (χ1n) is 7.93. The Bertz CT molecular complexity index is 745. The first kappa shape index (κ1) is 16.6. The van der Waals surface area contributed by atoms with Crippen molar-refractivity contribution in [2.75, 3.05) is 6.54 Å². The minimum Gasteiger partial charge on any atom is -0.350 e. The summed E-state index contributed by atoms with van der Waals surface area (Å²) in [6, 6.07) is 8.07. The number of benzene rings is 1. The van der Waals surface area contributed by atoms with Crippen LogP contribution in [0.4, 0.5) is 4.39 Å². The highest BCUT2D eigenvalue weighted by Gasteiger charge is 2.34. The normalized spacial score (nSPS) is 17.1. The molecule has 0 bridgehead atoms. The summed E-state index contributed by atoms with van der Waals surface area (Å²) in [7, 11) is 0. The monoisotopic (exact) mass is 346 g/mol. The summed E-state index contributed by atoms with van der Waals surface area (Å²) < 4.78 is 13.6. The van der Waals surface area contributed by atoms with Crippen LogP contribution in [0.3, 0.4) is 0 Å². The summed E-state index contributed by atoms with van der Waals surface area (Å²) in [5.74, 6) is -0.556. The number of aryl methyl sites for hydroxylation is 1. The highest BCUT2D eigenvalue weighted by Crippen LogP contribution is 2.22. The van der Waals surface area contributed by atoms with Gasteiger partial charge in [-0.05, 0) is 48.4 Å². The van der Waals surface area contributed by atoms with E-state index < -0.39 is 6.04 Å². The molecule has 1 N–H and O–H groups in total. The summed E-state index contributed by atoms with van der Waals surface area (Å²) >= 11 is 1.38. The standard InChI is InChI=1S/C18H19FN2O2S/c1-12-6-7-13(10-14(12)19)11-20-17(22)15-4-2-8-21(15)18(23)16-5-3-9-24-16/h3,5-7,9-10,15H,2,4,8,11H2,1H3,(H,20,22)/t15-/m0/s1. The number of carbonyl (C=O) groups is 2. The quantitative estimate of drug-likeness (QED) is 0.925. The average Bonchev–Trinajstić information content (AvgIpc) is 3.26. The van der Waals surface area contributed by atoms with E-state index in [0.29, 0.717) is 29.0 Å². The predicted octanol–water partition coefficient (Wildman–Crippen LogP) is 3.12. The van der Waals surface area contributed by atoms with Crippen LogP contribution in [0.1, 0.15) is 33.6 Å². The number of hydrogen-bond donors (Lipinski definition) is 1. The summed E-state index contributed by atoms with van der Waals surface area (Å²) in [6.07, 6.45) is 1.47. The van der Waals surface area contributed by atoms with Crippen LogP contribution in [0.5, 0.6) is 0 Å². The topological polar surface area (TPSA) is 49.4 Å². The van der Waals surface area contributed by atoms with Gasteiger partial charge in [-0.15, -0.1) is 11.3 Å². The Kier molecular flexibility index (Phi) is 4.94. The zero-order chi connectivity index (χ0) is 17.1. The molecular formula is C18H19FN2O2S. The van der Waals surface area contributed by atoms with Crippen molar-refractivity contribution in [3.63, 3.8) is 0 Å². The van der Waals surface area contributed by atoms with Gasteiger partial charge in [0.1, 0.15) is 11.9 Å². The second-order valence-corrected chi connectivity index (χ2v) is 6.88. The third-order valence-corrected chi connectivity index (χ3v) is 5.11. The van der Waals surface area contributed by atoms with Crippen LogP contribution in [0, 0.1) is 12.7 Å². The molecule has 1 aliphatic rings. The van der Waals surface area contributed by atoms with Crippen LogP contribution in [-0.4, -0.2) is 29.3 Å². The largest absolute Gasteiger partial charge is 0.350 e. The van der Waals surface area contributed by atoms with Gasteiger partial charge in [0.15, 0.2) is 0 Å². The van der Waals surface area contributed by atoms with E-state index >= 15 is 0 Å². The maximum absolute atomic E-state index is 13.6. The van der Waals surface area contributed by atoms with E-state index in [1.807, 2.05) is 11.4 Å². The molecule has 1 fully saturated rings. The SMILES string of the molecule is Cc1ccc(CNC(=O)[C@@H]2CCCN2C(=O)c2cccs2)cc1F. The Labute approximate surface area is 144 Å². The van der Waals surface area contributed by atoms with Gasteiger partial charge < -0.3 is 10.2 Å². The smallest absolute Gasteiger partial charge is 0.264 e. The van der Waals surface area contributed by atoms with Gasteiger partial charge in [-0.2, -0.15) is 0 Å². The second kappa shape index (κ2) is 7.13. The minimum absolute atomic E-state index is 0.0935. The average molecular weight is 346 g/mol. The maximum Gasteiger partial charge on any atom is 0.264 e. The van der Waals surface area contributed by atoms with Gasteiger partial charge in [-0.25, -0.2) is 4.39 Å². The number of thiophene rings is 1. The highest BCUT2D eigenvalue weighted by atomic mass is 32.1. The summed E-state index contributed by atoms with van der Waals surface area (Å²) in [4.78, 5) is 27.2. The summed E-state index contributed by atoms with van der Waals surface area (Å²) in [5, 5.41) is 4.67. The van der Waals surface area contributed by atoms with Gasteiger partial charge in [-0.1, -0.05) is 18.2 Å². The molecule has 0 spiro atoms. The van der Waals surface area contributed by atoms with Crippen LogP contribution in [0.2, 0.25) is 0 Å². The van der Waals surface area contributed by atoms with E-state index in [4.69, 9.17) is 0 Å². The number of amides is 2. The fraction of sp³-hybridized carbons (Fsp3) is 0.333. The summed E-state index contributed by atoms with van der Waals surface area (Å²) in [5.41, 5.74) is 1.29. The summed E-state index contributed by atoms with van der Waals surface area (Å²) in [6.45, 7) is 2.55. The lowest BCUT2D eigenvalue weighted by Gasteiger charge is -2.23. The molecule has 0 aliphatic carbocycles. The van der Waals surface area contributed by atoms with Crippen molar-refractivity contribution >= 4 is 23.2 Å². The zero-order valence-corrected chi connectivity index (χ0v) is 14.2. The Morgan fingerprint density at radius 1 is 1.38 bits per heavy atom. The molecule has 1 aliphatic heterocycles. The van der Waals surface area contributed by atoms with Crippen LogP contribution in [0.15, 0.2) is 35.7 Å². The van der Waals surface area contributed by atoms with E-state index in [9.17, 15) is 14.0 Å². The lowest BCUT2D eigenvalue weighted by Crippen LogP contribution is -2.45. The van der Waals surface area contributed by atoms with Gasteiger partial charge >= 0.3 is 0 Å². The third kappa shape index (κ3) is 3.48. The van der Waals surface area contributed by atoms with Crippen LogP contribution in [0.25, 0.3) is 0 Å². The van der Waals surface area contributed by atoms with Crippen molar-refractivity contribution < 1.29 is 14.0 Å². The number of halogens is 1. The number of hydrogen-bond acceptors (Lipinski definition) is 3. The van der Waals surface area contributed by atoms with E-state index in [-0.39, 0.29) is 24.2 Å². The molecule has 2 heterocycles. The van der Waals surface area contributed by atoms with Crippen molar-refractivity contribution in [2.24, 2.45) is 0 Å². The zero-order valence-electron chi connectivity index (χ0n) is 13.4. The minimum atomic E-state index is -0.449. The Morgan fingerprint density at radius 2 is 2.21 bits per heavy atom. The molecule has 126 valence electrons. The third-order valence-electron chi connectivity index (χ3n) is 4.25. The van der Waals surface area contributed by atoms with E-state index in [1.165, 1.54) is 17.4 Å². The molecule has 2 amide bonds. The number of nitrogens with one attached hydrogen (secondary N) is 1. The molecule has 0 unspecified atom stereocenters. The van der Waals surface area contributed by atoms with Crippen molar-refractivity contribution in [1.82, 2.24) is 10.2 Å². The fourth-order valence-corrected chi connectivity index (χ4v) is 3.56. The number of likely N-dealkylation sites (tertiary alicyclic amines) is 1. The Morgan fingerprint density at radius 3 is 2.92 bits per heavy atom. The van der Waals surface area contributed by atoms with Crippen molar-refractivity contribution in [3.8, 4) is 0 Å². The van der Waals surface area contributed by atoms with Gasteiger partial charge in [0.05, 0.1) is 4.88 Å². The molecule has 1 aromatic heterocycles. The Balaban J connectivity index is 1.63. The second-order valence-electron chi connectivity index (χ2n) is 5.94. The van der Waals surface area contributed by atoms with E-state index in [1.54, 1.807) is 30.0 Å². The molecule has 0 saturated carbocycles. The molecular weight excluding hydrogens is 327 g/mol. The van der Waals surface area contributed by atoms with Gasteiger partial charge in [0, 0.05) is 13.1 Å². The first-order chi connectivity index (χ1) is 11.6. The number of rotatable bonds is 4. The van der Waals surface area contributed by atoms with Crippen molar-refractivity contribution in [3.05, 3.63) is 57.5 Å². The molecule has 4 nitrogen and oxygen atoms in total. The van der Waals surface area contributed by atoms with Crippen LogP contribution in [-0.2, 0) is 11.3 Å². The molecule has 3 rings (SSSR count). The number of carbonyl (C=O) groups excluding carboxylic acids is 2. The predicted molar refractivity (Wildman–Crippen MR) is 91.4 cm³/mol. The molecule has 1 atom stereocenters. The van der Waals surface area contributed by atoms with Gasteiger partial charge in [0.25, 0.3) is 5.91 Å². The van der Waals surface area contributed by atoms with Gasteiger partial charge in [0.2, 0.25) is 5.91 Å². The molecule has 0 radical (unpaired) electrons. The van der Waals surface area contributed by atoms with Crippen molar-refractivity contribution in [1.29, 1.82) is 0 Å². The van der Waals surface area contributed by atoms with E-state index in [2.05, 4.69) is 5.32 Å². The molecule has 1 aromatic carbocycles. The Hall–Kier alpha value is -2.21. The fourth-order valence-electron chi connectivity index (χ4n) is 2.88. The van der Waals surface area contributed by atoms with E-state index in [0.717, 1.165) is 6.42 Å². The number of nitrogens with zero attached hydrogens (tertiary/aromatic N) is 1. The molecule has 1 saturated heterocycles. The highest BCUT2D eigenvalue weighted by molar-refractivity contribution is 7.12. The van der Waals surface area contributed by atoms with Crippen LogP contribution < -0.4 is 5.32 Å². The molecule has 24 heavy (non-hydrogen) atoms. The van der Waals surface area contributed by atoms with Crippen molar-refractivity contribution in [2.45, 2.75) is 32.4 Å². The van der Waals surface area contributed by atoms with Gasteiger partial charge in [-0.3, -0.25) is 9.59 Å². The maximum atomic E-state index is 13.6. The lowest BCUT2D eigenvalue weighted by molar-refractivity contribution is -0.125. The first-order valence-corrected chi connectivity index (χ1v) is 8.81. The van der Waals surface area contributed by atoms with Crippen LogP contribution >= 0.6 is 11.3 Å².